The number of amides is 1. The molecule has 0 saturated heterocycles. The number of nitrogens with zero attached hydrogens (tertiary/aromatic N) is 4. The average molecular weight is 459 g/mol. The van der Waals surface area contributed by atoms with Crippen LogP contribution in [0.25, 0.3) is 11.2 Å². The SMILES string of the molecule is CN(C(=O)C1C=CC(NCc2cnc3nc(N)[nH]c(=O)c3n2)CC1)[C@@H](CCC(=O)O)C(=O)O. The first-order valence-electron chi connectivity index (χ1n) is 10.3. The second-order valence-corrected chi connectivity index (χ2v) is 7.78. The Bertz CT molecular complexity index is 1150. The Morgan fingerprint density at radius 3 is 2.67 bits per heavy atom. The highest BCUT2D eigenvalue weighted by Crippen LogP contribution is 2.22. The molecule has 1 aliphatic carbocycles. The van der Waals surface area contributed by atoms with E-state index in [0.717, 1.165) is 4.90 Å². The normalized spacial score (nSPS) is 18.7. The van der Waals surface area contributed by atoms with Gasteiger partial charge in [0.2, 0.25) is 11.9 Å². The molecule has 1 aliphatic rings. The molecule has 1 amide bonds. The zero-order chi connectivity index (χ0) is 24.1. The molecule has 176 valence electrons. The van der Waals surface area contributed by atoms with E-state index in [2.05, 4.69) is 25.3 Å². The standard InChI is InChI=1S/C20H25N7O6/c1-27(13(19(32)33)6-7-14(28)29)18(31)10-2-4-11(5-3-10)22-8-12-9-23-16-15(24-12)17(30)26-20(21)25-16/h2,4,9-11,13,22H,3,5-8H2,1H3,(H,28,29)(H,32,33)(H3,21,23,25,26,30)/t10?,11?,13-/m0/s1. The van der Waals surface area contributed by atoms with Crippen molar-refractivity contribution in [2.45, 2.75) is 44.3 Å². The van der Waals surface area contributed by atoms with Gasteiger partial charge in [0, 0.05) is 26.1 Å². The molecule has 0 aromatic carbocycles. The van der Waals surface area contributed by atoms with Crippen molar-refractivity contribution in [3.8, 4) is 0 Å². The van der Waals surface area contributed by atoms with Crippen LogP contribution in [0.3, 0.4) is 0 Å². The summed E-state index contributed by atoms with van der Waals surface area (Å²) in [5.41, 5.74) is 5.80. The second-order valence-electron chi connectivity index (χ2n) is 7.78. The number of H-pyrrole nitrogens is 1. The Kier molecular flexibility index (Phi) is 7.33. The summed E-state index contributed by atoms with van der Waals surface area (Å²) in [6.45, 7) is 0.330. The van der Waals surface area contributed by atoms with Crippen molar-refractivity contribution in [3.05, 3.63) is 34.4 Å². The lowest BCUT2D eigenvalue weighted by molar-refractivity contribution is -0.151. The summed E-state index contributed by atoms with van der Waals surface area (Å²) in [5, 5.41) is 21.4. The molecule has 0 aliphatic heterocycles. The molecule has 2 heterocycles. The van der Waals surface area contributed by atoms with Gasteiger partial charge in [-0.1, -0.05) is 12.2 Å². The summed E-state index contributed by atoms with van der Waals surface area (Å²) in [6, 6.07) is -1.25. The van der Waals surface area contributed by atoms with Crippen molar-refractivity contribution >= 4 is 35.0 Å². The minimum atomic E-state index is -1.24. The minimum absolute atomic E-state index is 0.0358. The Morgan fingerprint density at radius 2 is 2.03 bits per heavy atom. The number of anilines is 1. The van der Waals surface area contributed by atoms with Crippen molar-refractivity contribution in [2.24, 2.45) is 5.92 Å². The number of fused-ring (bicyclic) bond motifs is 1. The van der Waals surface area contributed by atoms with Crippen LogP contribution in [-0.4, -0.2) is 72.0 Å². The molecule has 33 heavy (non-hydrogen) atoms. The monoisotopic (exact) mass is 459 g/mol. The number of hydrogen-bond donors (Lipinski definition) is 5. The van der Waals surface area contributed by atoms with Gasteiger partial charge in [0.05, 0.1) is 17.8 Å². The predicted molar refractivity (Wildman–Crippen MR) is 116 cm³/mol. The smallest absolute Gasteiger partial charge is 0.326 e. The van der Waals surface area contributed by atoms with Crippen LogP contribution in [0.15, 0.2) is 23.1 Å². The predicted octanol–water partition coefficient (Wildman–Crippen LogP) is -0.504. The molecule has 13 nitrogen and oxygen atoms in total. The van der Waals surface area contributed by atoms with Gasteiger partial charge in [0.25, 0.3) is 5.56 Å². The van der Waals surface area contributed by atoms with Gasteiger partial charge in [0.15, 0.2) is 11.2 Å². The molecular weight excluding hydrogens is 434 g/mol. The highest BCUT2D eigenvalue weighted by atomic mass is 16.4. The lowest BCUT2D eigenvalue weighted by Crippen LogP contribution is -2.45. The van der Waals surface area contributed by atoms with E-state index in [1.165, 1.54) is 13.2 Å². The highest BCUT2D eigenvalue weighted by molar-refractivity contribution is 5.86. The van der Waals surface area contributed by atoms with E-state index in [1.807, 2.05) is 6.08 Å². The summed E-state index contributed by atoms with van der Waals surface area (Å²) in [6.07, 6.45) is 5.66. The summed E-state index contributed by atoms with van der Waals surface area (Å²) < 4.78 is 0. The second kappa shape index (κ2) is 10.2. The molecule has 13 heteroatoms. The fourth-order valence-corrected chi connectivity index (χ4v) is 3.65. The summed E-state index contributed by atoms with van der Waals surface area (Å²) >= 11 is 0. The first-order chi connectivity index (χ1) is 15.7. The van der Waals surface area contributed by atoms with E-state index in [9.17, 15) is 24.3 Å². The largest absolute Gasteiger partial charge is 0.481 e. The van der Waals surface area contributed by atoms with Crippen molar-refractivity contribution in [1.29, 1.82) is 0 Å². The first kappa shape index (κ1) is 23.8. The number of hydrogen-bond acceptors (Lipinski definition) is 9. The molecule has 6 N–H and O–H groups in total. The number of aromatic amines is 1. The number of carbonyl (C=O) groups is 3. The number of rotatable bonds is 9. The van der Waals surface area contributed by atoms with Crippen LogP contribution in [0.1, 0.15) is 31.4 Å². The quantitative estimate of drug-likeness (QED) is 0.302. The Hall–Kier alpha value is -3.87. The van der Waals surface area contributed by atoms with Crippen LogP contribution in [0.2, 0.25) is 0 Å². The van der Waals surface area contributed by atoms with Gasteiger partial charge >= 0.3 is 11.9 Å². The molecule has 0 saturated carbocycles. The van der Waals surface area contributed by atoms with Crippen LogP contribution in [-0.2, 0) is 20.9 Å². The van der Waals surface area contributed by atoms with Crippen molar-refractivity contribution in [1.82, 2.24) is 30.2 Å². The maximum atomic E-state index is 12.7. The lowest BCUT2D eigenvalue weighted by Gasteiger charge is -2.30. The van der Waals surface area contributed by atoms with E-state index in [0.29, 0.717) is 25.1 Å². The zero-order valence-corrected chi connectivity index (χ0v) is 17.9. The lowest BCUT2D eigenvalue weighted by atomic mass is 9.91. The number of nitrogens with one attached hydrogen (secondary N) is 2. The number of aromatic nitrogens is 4. The van der Waals surface area contributed by atoms with Gasteiger partial charge in [0.1, 0.15) is 6.04 Å². The summed E-state index contributed by atoms with van der Waals surface area (Å²) in [5.74, 6) is -3.25. The molecule has 3 atom stereocenters. The molecule has 0 spiro atoms. The number of carbonyl (C=O) groups excluding carboxylic acids is 1. The fraction of sp³-hybridized carbons (Fsp3) is 0.450. The molecule has 2 aromatic heterocycles. The van der Waals surface area contributed by atoms with Crippen molar-refractivity contribution in [2.75, 3.05) is 12.8 Å². The minimum Gasteiger partial charge on any atom is -0.481 e. The number of likely N-dealkylation sites (N-methyl/N-ethyl adjacent to an activating group) is 1. The summed E-state index contributed by atoms with van der Waals surface area (Å²) in [7, 11) is 1.38. The summed E-state index contributed by atoms with van der Waals surface area (Å²) in [4.78, 5) is 62.7. The van der Waals surface area contributed by atoms with Crippen LogP contribution in [0.5, 0.6) is 0 Å². The van der Waals surface area contributed by atoms with E-state index in [1.54, 1.807) is 6.08 Å². The van der Waals surface area contributed by atoms with E-state index < -0.39 is 29.5 Å². The molecular formula is C20H25N7O6. The van der Waals surface area contributed by atoms with Crippen LogP contribution in [0, 0.1) is 5.92 Å². The van der Waals surface area contributed by atoms with Gasteiger partial charge in [-0.2, -0.15) is 4.98 Å². The van der Waals surface area contributed by atoms with Crippen LogP contribution < -0.4 is 16.6 Å². The first-order valence-corrected chi connectivity index (χ1v) is 10.3. The van der Waals surface area contributed by atoms with Crippen LogP contribution in [0.4, 0.5) is 5.95 Å². The van der Waals surface area contributed by atoms with Gasteiger partial charge in [-0.25, -0.2) is 14.8 Å². The number of nitrogen functional groups attached to an aromatic ring is 1. The highest BCUT2D eigenvalue weighted by Gasteiger charge is 2.31. The van der Waals surface area contributed by atoms with Crippen molar-refractivity contribution < 1.29 is 24.6 Å². The molecule has 3 rings (SSSR count). The maximum Gasteiger partial charge on any atom is 0.326 e. The van der Waals surface area contributed by atoms with Gasteiger partial charge < -0.3 is 26.2 Å². The van der Waals surface area contributed by atoms with Crippen LogP contribution >= 0.6 is 0 Å². The van der Waals surface area contributed by atoms with E-state index >= 15 is 0 Å². The zero-order valence-electron chi connectivity index (χ0n) is 17.9. The number of nitrogens with two attached hydrogens (primary N) is 1. The van der Waals surface area contributed by atoms with E-state index in [-0.39, 0.29) is 41.9 Å². The molecule has 0 fully saturated rings. The third kappa shape index (κ3) is 5.88. The fourth-order valence-electron chi connectivity index (χ4n) is 3.65. The number of carboxylic acids is 2. The number of aliphatic carboxylic acids is 2. The Morgan fingerprint density at radius 1 is 1.27 bits per heavy atom. The third-order valence-electron chi connectivity index (χ3n) is 5.44. The Balaban J connectivity index is 1.58. The van der Waals surface area contributed by atoms with E-state index in [4.69, 9.17) is 10.8 Å². The van der Waals surface area contributed by atoms with Gasteiger partial charge in [-0.05, 0) is 19.3 Å². The topological polar surface area (TPSA) is 204 Å². The number of carboxylic acid groups (broad SMARTS) is 2. The van der Waals surface area contributed by atoms with Gasteiger partial charge in [-0.15, -0.1) is 0 Å². The third-order valence-corrected chi connectivity index (χ3v) is 5.44. The molecule has 2 aromatic rings. The maximum absolute atomic E-state index is 12.7. The van der Waals surface area contributed by atoms with Gasteiger partial charge in [-0.3, -0.25) is 19.4 Å². The Labute approximate surface area is 187 Å². The molecule has 2 unspecified atom stereocenters. The molecule has 0 radical (unpaired) electrons. The average Bonchev–Trinajstić information content (AvgIpc) is 2.77. The van der Waals surface area contributed by atoms with Crippen molar-refractivity contribution in [3.63, 3.8) is 0 Å². The molecule has 0 bridgehead atoms.